The number of nitrogens with one attached hydrogen (secondary N) is 2. The molecule has 0 unspecified atom stereocenters. The van der Waals surface area contributed by atoms with Crippen molar-refractivity contribution in [1.82, 2.24) is 24.4 Å². The first-order valence-corrected chi connectivity index (χ1v) is 8.81. The number of ether oxygens (including phenoxy) is 1. The van der Waals surface area contributed by atoms with Gasteiger partial charge in [-0.1, -0.05) is 11.6 Å². The monoisotopic (exact) mass is 388 g/mol. The number of urea groups is 1. The van der Waals surface area contributed by atoms with Crippen LogP contribution in [-0.2, 0) is 14.1 Å². The highest BCUT2D eigenvalue weighted by Crippen LogP contribution is 2.27. The van der Waals surface area contributed by atoms with E-state index >= 15 is 0 Å². The van der Waals surface area contributed by atoms with Crippen LogP contribution in [0.15, 0.2) is 43.0 Å². The first kappa shape index (κ1) is 18.8. The molecule has 3 aromatic rings. The molecule has 0 atom stereocenters. The fourth-order valence-corrected chi connectivity index (χ4v) is 2.87. The van der Waals surface area contributed by atoms with Crippen LogP contribution in [0.2, 0.25) is 5.02 Å². The Hall–Kier alpha value is -3.00. The third kappa shape index (κ3) is 4.22. The Balaban J connectivity index is 1.83. The molecular formula is C18H21ClN6O2. The van der Waals surface area contributed by atoms with Crippen LogP contribution in [0.25, 0.3) is 0 Å². The molecule has 3 rings (SSSR count). The number of halogens is 1. The van der Waals surface area contributed by atoms with Gasteiger partial charge in [0.1, 0.15) is 23.4 Å². The lowest BCUT2D eigenvalue weighted by Gasteiger charge is -2.19. The summed E-state index contributed by atoms with van der Waals surface area (Å²) < 4.78 is 9.13. The first-order valence-electron chi connectivity index (χ1n) is 8.44. The number of anilines is 1. The van der Waals surface area contributed by atoms with Crippen LogP contribution in [0.3, 0.4) is 0 Å². The summed E-state index contributed by atoms with van der Waals surface area (Å²) in [6.07, 6.45) is 6.97. The Labute approximate surface area is 162 Å². The highest BCUT2D eigenvalue weighted by molar-refractivity contribution is 6.33. The van der Waals surface area contributed by atoms with Crippen molar-refractivity contribution in [2.24, 2.45) is 14.1 Å². The van der Waals surface area contributed by atoms with Gasteiger partial charge in [-0.2, -0.15) is 0 Å². The number of nitrogens with zero attached hydrogens (tertiary/aromatic N) is 4. The van der Waals surface area contributed by atoms with Crippen molar-refractivity contribution < 1.29 is 9.53 Å². The van der Waals surface area contributed by atoms with Gasteiger partial charge >= 0.3 is 6.03 Å². The standard InChI is InChI=1S/C18H21ClN6O2/c1-4-27-12-5-6-13(19)14(11-12)22-18(26)23-15(16-20-7-9-24(16)2)17-21-8-10-25(17)3/h5-11,15H,4H2,1-3H3,(H2,22,23,26). The van der Waals surface area contributed by atoms with E-state index in [0.717, 1.165) is 0 Å². The maximum absolute atomic E-state index is 12.7. The molecule has 142 valence electrons. The number of benzene rings is 1. The summed E-state index contributed by atoms with van der Waals surface area (Å²) in [5.41, 5.74) is 0.457. The van der Waals surface area contributed by atoms with Crippen LogP contribution in [-0.4, -0.2) is 31.7 Å². The molecule has 0 aliphatic carbocycles. The molecule has 1 aromatic carbocycles. The van der Waals surface area contributed by atoms with Gasteiger partial charge in [-0.15, -0.1) is 0 Å². The Morgan fingerprint density at radius 1 is 1.19 bits per heavy atom. The van der Waals surface area contributed by atoms with Crippen LogP contribution >= 0.6 is 11.6 Å². The molecule has 0 bridgehead atoms. The van der Waals surface area contributed by atoms with Crippen LogP contribution in [0, 0.1) is 0 Å². The number of carbonyl (C=O) groups is 1. The van der Waals surface area contributed by atoms with Crippen LogP contribution in [0.5, 0.6) is 5.75 Å². The molecule has 2 heterocycles. The zero-order chi connectivity index (χ0) is 19.4. The first-order chi connectivity index (χ1) is 13.0. The average molecular weight is 389 g/mol. The van der Waals surface area contributed by atoms with Gasteiger partial charge in [0.15, 0.2) is 0 Å². The summed E-state index contributed by atoms with van der Waals surface area (Å²) in [5.74, 6) is 1.95. The highest BCUT2D eigenvalue weighted by Gasteiger charge is 2.24. The number of hydrogen-bond donors (Lipinski definition) is 2. The van der Waals surface area contributed by atoms with Crippen LogP contribution < -0.4 is 15.4 Å². The lowest BCUT2D eigenvalue weighted by atomic mass is 10.2. The fourth-order valence-electron chi connectivity index (χ4n) is 2.70. The molecule has 0 spiro atoms. The van der Waals surface area contributed by atoms with Crippen LogP contribution in [0.1, 0.15) is 24.6 Å². The second-order valence-corrected chi connectivity index (χ2v) is 6.31. The molecule has 2 amide bonds. The molecule has 0 aliphatic heterocycles. The largest absolute Gasteiger partial charge is 0.494 e. The molecule has 0 aliphatic rings. The van der Waals surface area contributed by atoms with Gasteiger partial charge in [0.25, 0.3) is 0 Å². The summed E-state index contributed by atoms with van der Waals surface area (Å²) in [7, 11) is 3.72. The summed E-state index contributed by atoms with van der Waals surface area (Å²) in [6.45, 7) is 2.41. The molecule has 0 fully saturated rings. The topological polar surface area (TPSA) is 86.0 Å². The van der Waals surface area contributed by atoms with E-state index in [4.69, 9.17) is 16.3 Å². The molecule has 9 heteroatoms. The lowest BCUT2D eigenvalue weighted by molar-refractivity contribution is 0.249. The van der Waals surface area contributed by atoms with Crippen molar-refractivity contribution in [2.75, 3.05) is 11.9 Å². The quantitative estimate of drug-likeness (QED) is 0.679. The Bertz CT molecular complexity index is 895. The SMILES string of the molecule is CCOc1ccc(Cl)c(NC(=O)NC(c2nccn2C)c2nccn2C)c1. The second-order valence-electron chi connectivity index (χ2n) is 5.90. The maximum atomic E-state index is 12.7. The normalized spacial score (nSPS) is 10.9. The summed E-state index contributed by atoms with van der Waals surface area (Å²) in [4.78, 5) is 21.4. The molecular weight excluding hydrogens is 368 g/mol. The van der Waals surface area contributed by atoms with Crippen molar-refractivity contribution >= 4 is 23.3 Å². The van der Waals surface area contributed by atoms with E-state index < -0.39 is 12.1 Å². The second kappa shape index (κ2) is 8.13. The number of carbonyl (C=O) groups excluding carboxylic acids is 1. The number of rotatable bonds is 6. The summed E-state index contributed by atoms with van der Waals surface area (Å²) in [5, 5.41) is 6.10. The highest BCUT2D eigenvalue weighted by atomic mass is 35.5. The molecule has 0 saturated heterocycles. The lowest BCUT2D eigenvalue weighted by Crippen LogP contribution is -2.35. The predicted molar refractivity (Wildman–Crippen MR) is 103 cm³/mol. The van der Waals surface area contributed by atoms with Crippen molar-refractivity contribution in [2.45, 2.75) is 13.0 Å². The van der Waals surface area contributed by atoms with E-state index in [0.29, 0.717) is 34.7 Å². The number of aryl methyl sites for hydroxylation is 2. The maximum Gasteiger partial charge on any atom is 0.320 e. The molecule has 2 N–H and O–H groups in total. The van der Waals surface area contributed by atoms with Crippen molar-refractivity contribution in [3.8, 4) is 5.75 Å². The number of hydrogen-bond acceptors (Lipinski definition) is 4. The van der Waals surface area contributed by atoms with Gasteiger partial charge in [0, 0.05) is 44.9 Å². The van der Waals surface area contributed by atoms with E-state index in [2.05, 4.69) is 20.6 Å². The van der Waals surface area contributed by atoms with Gasteiger partial charge in [0.05, 0.1) is 17.3 Å². The molecule has 27 heavy (non-hydrogen) atoms. The van der Waals surface area contributed by atoms with Gasteiger partial charge < -0.3 is 24.5 Å². The van der Waals surface area contributed by atoms with Gasteiger partial charge in [-0.05, 0) is 19.1 Å². The van der Waals surface area contributed by atoms with Crippen LogP contribution in [0.4, 0.5) is 10.5 Å². The molecule has 0 radical (unpaired) electrons. The van der Waals surface area contributed by atoms with Gasteiger partial charge in [-0.25, -0.2) is 14.8 Å². The predicted octanol–water partition coefficient (Wildman–Crippen LogP) is 3.12. The third-order valence-electron chi connectivity index (χ3n) is 4.01. The van der Waals surface area contributed by atoms with E-state index in [1.165, 1.54) is 0 Å². The minimum atomic E-state index is -0.529. The minimum Gasteiger partial charge on any atom is -0.494 e. The van der Waals surface area contributed by atoms with E-state index in [1.807, 2.05) is 42.5 Å². The van der Waals surface area contributed by atoms with Crippen molar-refractivity contribution in [1.29, 1.82) is 0 Å². The zero-order valence-corrected chi connectivity index (χ0v) is 16.1. The smallest absolute Gasteiger partial charge is 0.320 e. The average Bonchev–Trinajstić information content (AvgIpc) is 3.24. The fraction of sp³-hybridized carbons (Fsp3) is 0.278. The molecule has 0 saturated carbocycles. The number of aromatic nitrogens is 4. The van der Waals surface area contributed by atoms with E-state index in [-0.39, 0.29) is 0 Å². The Kier molecular flexibility index (Phi) is 5.66. The Morgan fingerprint density at radius 2 is 1.81 bits per heavy atom. The molecule has 8 nitrogen and oxygen atoms in total. The summed E-state index contributed by atoms with van der Waals surface area (Å²) >= 11 is 6.20. The van der Waals surface area contributed by atoms with E-state index in [9.17, 15) is 4.79 Å². The summed E-state index contributed by atoms with van der Waals surface area (Å²) in [6, 6.07) is 4.15. The molecule has 2 aromatic heterocycles. The zero-order valence-electron chi connectivity index (χ0n) is 15.3. The van der Waals surface area contributed by atoms with E-state index in [1.54, 1.807) is 30.6 Å². The van der Waals surface area contributed by atoms with Crippen molar-refractivity contribution in [3.05, 3.63) is 59.7 Å². The Morgan fingerprint density at radius 3 is 2.33 bits per heavy atom. The third-order valence-corrected chi connectivity index (χ3v) is 4.34. The van der Waals surface area contributed by atoms with Crippen molar-refractivity contribution in [3.63, 3.8) is 0 Å². The van der Waals surface area contributed by atoms with Gasteiger partial charge in [-0.3, -0.25) is 0 Å². The number of amides is 2. The van der Waals surface area contributed by atoms with Gasteiger partial charge in [0.2, 0.25) is 0 Å². The minimum absolute atomic E-state index is 0.416. The number of imidazole rings is 2.